The summed E-state index contributed by atoms with van der Waals surface area (Å²) >= 11 is 1.71. The molecule has 4 heteroatoms. The van der Waals surface area contributed by atoms with Crippen LogP contribution in [0.3, 0.4) is 0 Å². The van der Waals surface area contributed by atoms with Gasteiger partial charge in [-0.15, -0.1) is 11.3 Å². The van der Waals surface area contributed by atoms with Gasteiger partial charge < -0.3 is 10.1 Å². The van der Waals surface area contributed by atoms with Crippen molar-refractivity contribution in [3.8, 4) is 0 Å². The van der Waals surface area contributed by atoms with Crippen LogP contribution < -0.4 is 5.32 Å². The zero-order chi connectivity index (χ0) is 11.1. The van der Waals surface area contributed by atoms with Crippen LogP contribution in [0.25, 0.3) is 0 Å². The Bertz CT molecular complexity index is 275. The standard InChI is InChI=1S/C11H20N2OS/c1-9(11-8-15-10(2)13-11)12-6-4-5-7-14-3/h8-9,12H,4-7H2,1-3H3. The number of ether oxygens (including phenoxy) is 1. The van der Waals surface area contributed by atoms with Gasteiger partial charge >= 0.3 is 0 Å². The van der Waals surface area contributed by atoms with Crippen molar-refractivity contribution >= 4 is 11.3 Å². The summed E-state index contributed by atoms with van der Waals surface area (Å²) in [6.45, 7) is 6.08. The number of unbranched alkanes of at least 4 members (excludes halogenated alkanes) is 1. The second-order valence-corrected chi connectivity index (χ2v) is 4.73. The quantitative estimate of drug-likeness (QED) is 0.728. The SMILES string of the molecule is COCCCCNC(C)c1csc(C)n1. The Labute approximate surface area is 95.9 Å². The van der Waals surface area contributed by atoms with Gasteiger partial charge in [0.2, 0.25) is 0 Å². The zero-order valence-electron chi connectivity index (χ0n) is 9.75. The molecule has 0 saturated heterocycles. The summed E-state index contributed by atoms with van der Waals surface area (Å²) in [5, 5.41) is 6.72. The van der Waals surface area contributed by atoms with E-state index >= 15 is 0 Å². The Kier molecular flexibility index (Phi) is 5.83. The van der Waals surface area contributed by atoms with E-state index in [9.17, 15) is 0 Å². The number of nitrogens with one attached hydrogen (secondary N) is 1. The summed E-state index contributed by atoms with van der Waals surface area (Å²) in [4.78, 5) is 4.46. The second kappa shape index (κ2) is 6.93. The van der Waals surface area contributed by atoms with E-state index in [1.807, 2.05) is 6.92 Å². The molecule has 1 rings (SSSR count). The van der Waals surface area contributed by atoms with Gasteiger partial charge in [0.1, 0.15) is 0 Å². The first-order valence-electron chi connectivity index (χ1n) is 5.38. The summed E-state index contributed by atoms with van der Waals surface area (Å²) in [7, 11) is 1.74. The molecule has 1 heterocycles. The highest BCUT2D eigenvalue weighted by atomic mass is 32.1. The summed E-state index contributed by atoms with van der Waals surface area (Å²) < 4.78 is 5.00. The Hall–Kier alpha value is -0.450. The number of thiazole rings is 1. The molecule has 1 aromatic rings. The molecule has 1 N–H and O–H groups in total. The fourth-order valence-corrected chi connectivity index (χ4v) is 2.08. The number of hydrogen-bond acceptors (Lipinski definition) is 4. The summed E-state index contributed by atoms with van der Waals surface area (Å²) in [5.74, 6) is 0. The molecule has 1 atom stereocenters. The highest BCUT2D eigenvalue weighted by Gasteiger charge is 2.06. The molecule has 0 saturated carbocycles. The zero-order valence-corrected chi connectivity index (χ0v) is 10.6. The monoisotopic (exact) mass is 228 g/mol. The molecule has 86 valence electrons. The molecule has 3 nitrogen and oxygen atoms in total. The van der Waals surface area contributed by atoms with Crippen LogP contribution in [0, 0.1) is 6.92 Å². The van der Waals surface area contributed by atoms with Gasteiger partial charge in [0.15, 0.2) is 0 Å². The maximum absolute atomic E-state index is 5.00. The molecule has 0 aliphatic carbocycles. The summed E-state index contributed by atoms with van der Waals surface area (Å²) in [6, 6.07) is 0.359. The van der Waals surface area contributed by atoms with Crippen LogP contribution in [0.4, 0.5) is 0 Å². The lowest BCUT2D eigenvalue weighted by atomic mass is 10.2. The van der Waals surface area contributed by atoms with Crippen molar-refractivity contribution in [1.82, 2.24) is 10.3 Å². The maximum atomic E-state index is 5.00. The van der Waals surface area contributed by atoms with Gasteiger partial charge in [-0.1, -0.05) is 0 Å². The number of methoxy groups -OCH3 is 1. The van der Waals surface area contributed by atoms with E-state index in [4.69, 9.17) is 4.74 Å². The van der Waals surface area contributed by atoms with Crippen LogP contribution in [0.15, 0.2) is 5.38 Å². The molecular formula is C11H20N2OS. The number of hydrogen-bond donors (Lipinski definition) is 1. The van der Waals surface area contributed by atoms with E-state index < -0.39 is 0 Å². The van der Waals surface area contributed by atoms with Crippen molar-refractivity contribution in [2.75, 3.05) is 20.3 Å². The van der Waals surface area contributed by atoms with E-state index in [0.29, 0.717) is 6.04 Å². The molecule has 0 aliphatic rings. The minimum absolute atomic E-state index is 0.359. The number of aromatic nitrogens is 1. The molecule has 0 spiro atoms. The molecule has 1 aromatic heterocycles. The van der Waals surface area contributed by atoms with Crippen molar-refractivity contribution < 1.29 is 4.74 Å². The summed E-state index contributed by atoms with van der Waals surface area (Å²) in [6.07, 6.45) is 2.27. The fourth-order valence-electron chi connectivity index (χ4n) is 1.37. The minimum Gasteiger partial charge on any atom is -0.385 e. The van der Waals surface area contributed by atoms with Crippen molar-refractivity contribution in [3.05, 3.63) is 16.1 Å². The molecule has 1 unspecified atom stereocenters. The normalized spacial score (nSPS) is 13.0. The molecule has 15 heavy (non-hydrogen) atoms. The Morgan fingerprint density at radius 3 is 2.93 bits per heavy atom. The van der Waals surface area contributed by atoms with Gasteiger partial charge in [0.25, 0.3) is 0 Å². The average molecular weight is 228 g/mol. The molecule has 0 radical (unpaired) electrons. The van der Waals surface area contributed by atoms with Crippen molar-refractivity contribution in [1.29, 1.82) is 0 Å². The van der Waals surface area contributed by atoms with E-state index in [1.54, 1.807) is 18.4 Å². The first kappa shape index (κ1) is 12.6. The van der Waals surface area contributed by atoms with Crippen molar-refractivity contribution in [2.45, 2.75) is 32.7 Å². The van der Waals surface area contributed by atoms with E-state index in [1.165, 1.54) is 0 Å². The van der Waals surface area contributed by atoms with Crippen molar-refractivity contribution in [2.24, 2.45) is 0 Å². The third kappa shape index (κ3) is 4.73. The highest BCUT2D eigenvalue weighted by Crippen LogP contribution is 2.15. The number of aryl methyl sites for hydroxylation is 1. The molecular weight excluding hydrogens is 208 g/mol. The predicted molar refractivity (Wildman–Crippen MR) is 64.4 cm³/mol. The van der Waals surface area contributed by atoms with E-state index in [0.717, 1.165) is 36.7 Å². The average Bonchev–Trinajstić information content (AvgIpc) is 2.64. The van der Waals surface area contributed by atoms with Crippen LogP contribution in [0.1, 0.15) is 36.5 Å². The van der Waals surface area contributed by atoms with Gasteiger partial charge in [0.05, 0.1) is 10.7 Å². The predicted octanol–water partition coefficient (Wildman–Crippen LogP) is 2.53. The maximum Gasteiger partial charge on any atom is 0.0898 e. The lowest BCUT2D eigenvalue weighted by Crippen LogP contribution is -2.20. The summed E-state index contributed by atoms with van der Waals surface area (Å²) in [5.41, 5.74) is 1.16. The smallest absolute Gasteiger partial charge is 0.0898 e. The first-order chi connectivity index (χ1) is 7.24. The Balaban J connectivity index is 2.16. The van der Waals surface area contributed by atoms with Crippen LogP contribution >= 0.6 is 11.3 Å². The highest BCUT2D eigenvalue weighted by molar-refractivity contribution is 7.09. The van der Waals surface area contributed by atoms with Gasteiger partial charge in [-0.05, 0) is 33.2 Å². The molecule has 0 aromatic carbocycles. The first-order valence-corrected chi connectivity index (χ1v) is 6.26. The molecule has 0 aliphatic heterocycles. The topological polar surface area (TPSA) is 34.1 Å². The van der Waals surface area contributed by atoms with Crippen LogP contribution in [0.5, 0.6) is 0 Å². The second-order valence-electron chi connectivity index (χ2n) is 3.67. The van der Waals surface area contributed by atoms with Gasteiger partial charge in [0, 0.05) is 25.1 Å². The number of rotatable bonds is 7. The van der Waals surface area contributed by atoms with E-state index in [-0.39, 0.29) is 0 Å². The number of nitrogens with zero attached hydrogens (tertiary/aromatic N) is 1. The molecule has 0 bridgehead atoms. The third-order valence-corrected chi connectivity index (χ3v) is 3.10. The molecule has 0 fully saturated rings. The Morgan fingerprint density at radius 2 is 2.33 bits per heavy atom. The van der Waals surface area contributed by atoms with Crippen LogP contribution in [0.2, 0.25) is 0 Å². The van der Waals surface area contributed by atoms with Crippen molar-refractivity contribution in [3.63, 3.8) is 0 Å². The minimum atomic E-state index is 0.359. The Morgan fingerprint density at radius 1 is 1.53 bits per heavy atom. The van der Waals surface area contributed by atoms with Gasteiger partial charge in [-0.25, -0.2) is 4.98 Å². The molecule has 0 amide bonds. The van der Waals surface area contributed by atoms with E-state index in [2.05, 4.69) is 22.6 Å². The fraction of sp³-hybridized carbons (Fsp3) is 0.727. The van der Waals surface area contributed by atoms with Crippen LogP contribution in [-0.4, -0.2) is 25.2 Å². The van der Waals surface area contributed by atoms with Crippen LogP contribution in [-0.2, 0) is 4.74 Å². The lowest BCUT2D eigenvalue weighted by Gasteiger charge is -2.10. The largest absolute Gasteiger partial charge is 0.385 e. The lowest BCUT2D eigenvalue weighted by molar-refractivity contribution is 0.192. The van der Waals surface area contributed by atoms with Gasteiger partial charge in [-0.2, -0.15) is 0 Å². The van der Waals surface area contributed by atoms with Gasteiger partial charge in [-0.3, -0.25) is 0 Å². The third-order valence-electron chi connectivity index (χ3n) is 2.31.